The van der Waals surface area contributed by atoms with Crippen molar-refractivity contribution in [3.05, 3.63) is 18.2 Å². The Bertz CT molecular complexity index is 554. The number of nitrogens with zero attached hydrogens (tertiary/aromatic N) is 4. The Hall–Kier alpha value is -1.76. The van der Waals surface area contributed by atoms with Crippen LogP contribution in [0, 0.1) is 11.2 Å². The SMILES string of the molecule is CCOCC(=O)N1CC[C@]2(CCCN(c3ncc(F)cn3)C2)C1. The average Bonchev–Trinajstić information content (AvgIpc) is 2.97. The molecule has 0 radical (unpaired) electrons. The largest absolute Gasteiger partial charge is 0.372 e. The van der Waals surface area contributed by atoms with E-state index < -0.39 is 5.82 Å². The first kappa shape index (κ1) is 16.1. The Labute approximate surface area is 135 Å². The summed E-state index contributed by atoms with van der Waals surface area (Å²) in [7, 11) is 0. The molecule has 7 heteroatoms. The molecule has 0 saturated carbocycles. The van der Waals surface area contributed by atoms with Gasteiger partial charge in [0, 0.05) is 38.2 Å². The highest BCUT2D eigenvalue weighted by atomic mass is 19.1. The molecule has 3 heterocycles. The summed E-state index contributed by atoms with van der Waals surface area (Å²) in [5, 5.41) is 0. The average molecular weight is 322 g/mol. The fraction of sp³-hybridized carbons (Fsp3) is 0.688. The summed E-state index contributed by atoms with van der Waals surface area (Å²) < 4.78 is 18.2. The van der Waals surface area contributed by atoms with Gasteiger partial charge in [0.05, 0.1) is 12.4 Å². The molecule has 1 atom stereocenters. The molecule has 1 aromatic rings. The summed E-state index contributed by atoms with van der Waals surface area (Å²) in [6, 6.07) is 0. The number of likely N-dealkylation sites (tertiary alicyclic amines) is 1. The molecule has 126 valence electrons. The minimum atomic E-state index is -0.422. The van der Waals surface area contributed by atoms with Crippen LogP contribution in [0.15, 0.2) is 12.4 Å². The third kappa shape index (κ3) is 3.60. The van der Waals surface area contributed by atoms with E-state index in [0.29, 0.717) is 12.6 Å². The van der Waals surface area contributed by atoms with Crippen molar-refractivity contribution in [3.8, 4) is 0 Å². The van der Waals surface area contributed by atoms with Crippen molar-refractivity contribution in [1.82, 2.24) is 14.9 Å². The maximum Gasteiger partial charge on any atom is 0.248 e. The molecule has 1 spiro atoms. The monoisotopic (exact) mass is 322 g/mol. The number of hydrogen-bond acceptors (Lipinski definition) is 5. The summed E-state index contributed by atoms with van der Waals surface area (Å²) in [5.41, 5.74) is 0.0951. The molecule has 3 rings (SSSR count). The van der Waals surface area contributed by atoms with E-state index in [-0.39, 0.29) is 17.9 Å². The van der Waals surface area contributed by atoms with Crippen molar-refractivity contribution >= 4 is 11.9 Å². The minimum absolute atomic E-state index is 0.0684. The van der Waals surface area contributed by atoms with E-state index in [4.69, 9.17) is 4.74 Å². The summed E-state index contributed by atoms with van der Waals surface area (Å²) in [6.07, 6.45) is 5.53. The number of rotatable bonds is 4. The van der Waals surface area contributed by atoms with E-state index in [1.165, 1.54) is 12.4 Å². The summed E-state index contributed by atoms with van der Waals surface area (Å²) in [5.74, 6) is 0.220. The van der Waals surface area contributed by atoms with Crippen LogP contribution in [0.1, 0.15) is 26.2 Å². The fourth-order valence-corrected chi connectivity index (χ4v) is 3.61. The predicted molar refractivity (Wildman–Crippen MR) is 83.6 cm³/mol. The molecule has 0 aliphatic carbocycles. The first-order chi connectivity index (χ1) is 11.1. The van der Waals surface area contributed by atoms with Crippen molar-refractivity contribution in [2.45, 2.75) is 26.2 Å². The van der Waals surface area contributed by atoms with E-state index in [9.17, 15) is 9.18 Å². The van der Waals surface area contributed by atoms with Gasteiger partial charge in [-0.05, 0) is 26.2 Å². The van der Waals surface area contributed by atoms with Crippen LogP contribution in [0.25, 0.3) is 0 Å². The third-order valence-corrected chi connectivity index (χ3v) is 4.77. The van der Waals surface area contributed by atoms with E-state index >= 15 is 0 Å². The number of amides is 1. The highest BCUT2D eigenvalue weighted by Crippen LogP contribution is 2.39. The Balaban J connectivity index is 1.64. The standard InChI is InChI=1S/C16H23FN4O2/c1-2-23-10-14(22)20-7-5-16(11-20)4-3-6-21(12-16)15-18-8-13(17)9-19-15/h8-9H,2-7,10-12H2,1H3/t16-/m1/s1. The van der Waals surface area contributed by atoms with Gasteiger partial charge in [0.1, 0.15) is 6.61 Å². The van der Waals surface area contributed by atoms with Crippen LogP contribution >= 0.6 is 0 Å². The number of piperidine rings is 1. The Morgan fingerprint density at radius 2 is 2.09 bits per heavy atom. The number of aromatic nitrogens is 2. The van der Waals surface area contributed by atoms with Crippen LogP contribution in [0.3, 0.4) is 0 Å². The second-order valence-electron chi connectivity index (χ2n) is 6.43. The van der Waals surface area contributed by atoms with Gasteiger partial charge in [-0.3, -0.25) is 4.79 Å². The number of halogens is 1. The molecule has 23 heavy (non-hydrogen) atoms. The number of carbonyl (C=O) groups is 1. The first-order valence-electron chi connectivity index (χ1n) is 8.20. The molecular formula is C16H23FN4O2. The lowest BCUT2D eigenvalue weighted by molar-refractivity contribution is -0.135. The Morgan fingerprint density at radius 1 is 1.30 bits per heavy atom. The summed E-state index contributed by atoms with van der Waals surface area (Å²) >= 11 is 0. The van der Waals surface area contributed by atoms with Crippen LogP contribution in [-0.2, 0) is 9.53 Å². The molecular weight excluding hydrogens is 299 g/mol. The van der Waals surface area contributed by atoms with Crippen molar-refractivity contribution in [2.75, 3.05) is 44.3 Å². The number of hydrogen-bond donors (Lipinski definition) is 0. The highest BCUT2D eigenvalue weighted by Gasteiger charge is 2.43. The second-order valence-corrected chi connectivity index (χ2v) is 6.43. The zero-order valence-electron chi connectivity index (χ0n) is 13.5. The van der Waals surface area contributed by atoms with Gasteiger partial charge in [0.2, 0.25) is 11.9 Å². The van der Waals surface area contributed by atoms with E-state index in [0.717, 1.165) is 45.4 Å². The normalized spacial score (nSPS) is 24.4. The van der Waals surface area contributed by atoms with Crippen molar-refractivity contribution < 1.29 is 13.9 Å². The maximum absolute atomic E-state index is 13.0. The molecule has 2 aliphatic heterocycles. The van der Waals surface area contributed by atoms with E-state index in [2.05, 4.69) is 14.9 Å². The molecule has 0 bridgehead atoms. The third-order valence-electron chi connectivity index (χ3n) is 4.77. The van der Waals surface area contributed by atoms with Gasteiger partial charge in [0.15, 0.2) is 5.82 Å². The minimum Gasteiger partial charge on any atom is -0.372 e. The smallest absolute Gasteiger partial charge is 0.248 e. The van der Waals surface area contributed by atoms with Gasteiger partial charge in [-0.1, -0.05) is 0 Å². The van der Waals surface area contributed by atoms with Crippen molar-refractivity contribution in [3.63, 3.8) is 0 Å². The van der Waals surface area contributed by atoms with Gasteiger partial charge < -0.3 is 14.5 Å². The lowest BCUT2D eigenvalue weighted by Gasteiger charge is -2.40. The van der Waals surface area contributed by atoms with Crippen LogP contribution in [-0.4, -0.2) is 60.2 Å². The lowest BCUT2D eigenvalue weighted by atomic mass is 9.79. The highest BCUT2D eigenvalue weighted by molar-refractivity contribution is 5.77. The topological polar surface area (TPSA) is 58.6 Å². The van der Waals surface area contributed by atoms with Gasteiger partial charge in [-0.25, -0.2) is 14.4 Å². The summed E-state index contributed by atoms with van der Waals surface area (Å²) in [6.45, 7) is 5.84. The quantitative estimate of drug-likeness (QED) is 0.840. The second kappa shape index (κ2) is 6.78. The summed E-state index contributed by atoms with van der Waals surface area (Å²) in [4.78, 5) is 24.3. The zero-order chi connectivity index (χ0) is 16.3. The molecule has 2 saturated heterocycles. The molecule has 0 aromatic carbocycles. The number of ether oxygens (including phenoxy) is 1. The molecule has 1 amide bonds. The van der Waals surface area contributed by atoms with Crippen LogP contribution in [0.2, 0.25) is 0 Å². The van der Waals surface area contributed by atoms with Crippen molar-refractivity contribution in [1.29, 1.82) is 0 Å². The predicted octanol–water partition coefficient (Wildman–Crippen LogP) is 1.47. The van der Waals surface area contributed by atoms with Crippen LogP contribution < -0.4 is 4.90 Å². The molecule has 0 unspecified atom stereocenters. The molecule has 6 nitrogen and oxygen atoms in total. The fourth-order valence-electron chi connectivity index (χ4n) is 3.61. The molecule has 0 N–H and O–H groups in total. The Morgan fingerprint density at radius 3 is 2.83 bits per heavy atom. The van der Waals surface area contributed by atoms with E-state index in [1.807, 2.05) is 11.8 Å². The number of anilines is 1. The van der Waals surface area contributed by atoms with Gasteiger partial charge >= 0.3 is 0 Å². The van der Waals surface area contributed by atoms with Crippen LogP contribution in [0.5, 0.6) is 0 Å². The Kier molecular flexibility index (Phi) is 4.75. The molecule has 2 aliphatic rings. The molecule has 2 fully saturated rings. The number of carbonyl (C=O) groups excluding carboxylic acids is 1. The van der Waals surface area contributed by atoms with E-state index in [1.54, 1.807) is 0 Å². The zero-order valence-corrected chi connectivity index (χ0v) is 13.5. The van der Waals surface area contributed by atoms with Gasteiger partial charge in [-0.15, -0.1) is 0 Å². The van der Waals surface area contributed by atoms with Crippen LogP contribution in [0.4, 0.5) is 10.3 Å². The first-order valence-corrected chi connectivity index (χ1v) is 8.20. The lowest BCUT2D eigenvalue weighted by Crippen LogP contribution is -2.46. The van der Waals surface area contributed by atoms with Crippen molar-refractivity contribution in [2.24, 2.45) is 5.41 Å². The van der Waals surface area contributed by atoms with Gasteiger partial charge in [0.25, 0.3) is 0 Å². The van der Waals surface area contributed by atoms with Gasteiger partial charge in [-0.2, -0.15) is 0 Å². The molecule has 1 aromatic heterocycles. The maximum atomic E-state index is 13.0.